The van der Waals surface area contributed by atoms with Gasteiger partial charge in [-0.25, -0.2) is 0 Å². The third-order valence-corrected chi connectivity index (χ3v) is 6.47. The smallest absolute Gasteiger partial charge is 0.251 e. The number of nitrogens with one attached hydrogen (secondary N) is 3. The van der Waals surface area contributed by atoms with Gasteiger partial charge in [0, 0.05) is 38.8 Å². The van der Waals surface area contributed by atoms with E-state index < -0.39 is 0 Å². The molecule has 178 valence electrons. The van der Waals surface area contributed by atoms with E-state index >= 15 is 0 Å². The Hall–Kier alpha value is -2.63. The Morgan fingerprint density at radius 3 is 2.15 bits per heavy atom. The van der Waals surface area contributed by atoms with Crippen molar-refractivity contribution in [2.45, 2.75) is 6.42 Å². The lowest BCUT2D eigenvalue weighted by Crippen LogP contribution is -2.45. The third kappa shape index (κ3) is 5.15. The second-order valence-corrected chi connectivity index (χ2v) is 8.24. The van der Waals surface area contributed by atoms with Crippen molar-refractivity contribution in [2.24, 2.45) is 28.7 Å². The molecule has 33 heavy (non-hydrogen) atoms. The number of halogens is 1. The summed E-state index contributed by atoms with van der Waals surface area (Å²) in [6, 6.07) is 6.89. The molecule has 0 radical (unpaired) electrons. The highest BCUT2D eigenvalue weighted by atomic mass is 127. The summed E-state index contributed by atoms with van der Waals surface area (Å²) in [7, 11) is 3.22. The molecule has 1 aromatic carbocycles. The molecular formula is C23H30IN5O4. The Labute approximate surface area is 210 Å². The lowest BCUT2D eigenvalue weighted by molar-refractivity contribution is -0.140. The van der Waals surface area contributed by atoms with Crippen molar-refractivity contribution in [3.8, 4) is 5.75 Å². The minimum absolute atomic E-state index is 0. The number of aliphatic imine (C=N–C) groups is 1. The first kappa shape index (κ1) is 25.0. The predicted molar refractivity (Wildman–Crippen MR) is 135 cm³/mol. The molecule has 1 aliphatic heterocycles. The van der Waals surface area contributed by atoms with Gasteiger partial charge in [-0.3, -0.25) is 24.3 Å². The van der Waals surface area contributed by atoms with E-state index in [1.165, 1.54) is 4.90 Å². The maximum Gasteiger partial charge on any atom is 0.251 e. The zero-order valence-corrected chi connectivity index (χ0v) is 21.1. The second-order valence-electron chi connectivity index (χ2n) is 8.24. The number of hydrogen-bond donors (Lipinski definition) is 3. The first-order valence-electron chi connectivity index (χ1n) is 10.9. The van der Waals surface area contributed by atoms with Crippen molar-refractivity contribution in [1.82, 2.24) is 20.9 Å². The fraction of sp³-hybridized carbons (Fsp3) is 0.478. The molecule has 1 saturated carbocycles. The van der Waals surface area contributed by atoms with Crippen LogP contribution in [0.1, 0.15) is 16.8 Å². The van der Waals surface area contributed by atoms with Crippen LogP contribution in [0.2, 0.25) is 0 Å². The van der Waals surface area contributed by atoms with Crippen LogP contribution in [-0.4, -0.2) is 68.9 Å². The fourth-order valence-electron chi connectivity index (χ4n) is 4.89. The summed E-state index contributed by atoms with van der Waals surface area (Å²) >= 11 is 0. The first-order chi connectivity index (χ1) is 15.5. The van der Waals surface area contributed by atoms with Crippen LogP contribution in [0.15, 0.2) is 41.4 Å². The number of carbonyl (C=O) groups excluding carboxylic acids is 3. The van der Waals surface area contributed by atoms with E-state index in [4.69, 9.17) is 4.74 Å². The van der Waals surface area contributed by atoms with Crippen molar-refractivity contribution in [1.29, 1.82) is 0 Å². The number of amides is 3. The Balaban J connectivity index is 0.00000306. The lowest BCUT2D eigenvalue weighted by atomic mass is 9.85. The third-order valence-electron chi connectivity index (χ3n) is 6.47. The van der Waals surface area contributed by atoms with E-state index in [-0.39, 0.29) is 65.4 Å². The molecule has 0 aromatic heterocycles. The number of methoxy groups -OCH3 is 1. The molecule has 0 spiro atoms. The summed E-state index contributed by atoms with van der Waals surface area (Å²) in [4.78, 5) is 43.1. The number of ether oxygens (including phenoxy) is 1. The number of fused-ring (bicyclic) bond motifs is 5. The fourth-order valence-corrected chi connectivity index (χ4v) is 4.89. The number of allylic oxidation sites excluding steroid dienone is 2. The number of likely N-dealkylation sites (tertiary alicyclic amines) is 1. The molecule has 1 saturated heterocycles. The highest BCUT2D eigenvalue weighted by molar-refractivity contribution is 14.0. The van der Waals surface area contributed by atoms with Crippen molar-refractivity contribution in [3.63, 3.8) is 0 Å². The molecule has 2 fully saturated rings. The molecule has 1 heterocycles. The van der Waals surface area contributed by atoms with Crippen LogP contribution in [0.3, 0.4) is 0 Å². The summed E-state index contributed by atoms with van der Waals surface area (Å²) in [6.07, 6.45) is 5.13. The van der Waals surface area contributed by atoms with E-state index in [9.17, 15) is 14.4 Å². The number of benzene rings is 1. The average molecular weight is 567 g/mol. The van der Waals surface area contributed by atoms with Crippen LogP contribution < -0.4 is 20.7 Å². The van der Waals surface area contributed by atoms with E-state index in [2.05, 4.69) is 33.1 Å². The van der Waals surface area contributed by atoms with Gasteiger partial charge in [0.1, 0.15) is 5.75 Å². The number of imide groups is 1. The lowest BCUT2D eigenvalue weighted by Gasteiger charge is -2.18. The minimum atomic E-state index is -0.169. The topological polar surface area (TPSA) is 112 Å². The van der Waals surface area contributed by atoms with Gasteiger partial charge in [0.25, 0.3) is 5.91 Å². The molecule has 4 atom stereocenters. The molecular weight excluding hydrogens is 537 g/mol. The van der Waals surface area contributed by atoms with Gasteiger partial charge in [0.15, 0.2) is 5.96 Å². The van der Waals surface area contributed by atoms with Crippen LogP contribution in [0.4, 0.5) is 0 Å². The Morgan fingerprint density at radius 1 is 1.00 bits per heavy atom. The zero-order valence-electron chi connectivity index (χ0n) is 18.7. The standard InChI is InChI=1S/C23H29N5O4.HI/c1-24-23(26-10-9-25-20(29)14-5-7-17(32-2)8-6-14)27-11-12-28-21(30)18-15-3-4-16(13-15)19(18)22(28)31;/h3-8,15-16,18-19H,9-13H2,1-2H3,(H,25,29)(H2,24,26,27);1H. The Kier molecular flexibility index (Phi) is 8.33. The molecule has 3 amide bonds. The van der Waals surface area contributed by atoms with Gasteiger partial charge in [-0.05, 0) is 42.5 Å². The molecule has 9 nitrogen and oxygen atoms in total. The summed E-state index contributed by atoms with van der Waals surface area (Å²) < 4.78 is 5.09. The van der Waals surface area contributed by atoms with Crippen molar-refractivity contribution in [2.75, 3.05) is 40.3 Å². The largest absolute Gasteiger partial charge is 0.497 e. The summed E-state index contributed by atoms with van der Waals surface area (Å²) in [6.45, 7) is 1.62. The van der Waals surface area contributed by atoms with Gasteiger partial charge in [-0.15, -0.1) is 24.0 Å². The van der Waals surface area contributed by atoms with Crippen molar-refractivity contribution >= 4 is 47.7 Å². The van der Waals surface area contributed by atoms with Gasteiger partial charge < -0.3 is 20.7 Å². The molecule has 4 unspecified atom stereocenters. The normalized spacial score (nSPS) is 25.0. The Bertz CT molecular complexity index is 919. The summed E-state index contributed by atoms with van der Waals surface area (Å²) in [5, 5.41) is 9.07. The molecule has 3 N–H and O–H groups in total. The predicted octanol–water partition coefficient (Wildman–Crippen LogP) is 1.02. The maximum atomic E-state index is 12.7. The molecule has 10 heteroatoms. The SMILES string of the molecule is CN=C(NCCNC(=O)c1ccc(OC)cc1)NCCN1C(=O)C2C3C=CC(C3)C2C1=O.I. The number of hydrogen-bond acceptors (Lipinski definition) is 5. The monoisotopic (exact) mass is 567 g/mol. The van der Waals surface area contributed by atoms with E-state index in [1.807, 2.05) is 0 Å². The maximum absolute atomic E-state index is 12.7. The average Bonchev–Trinajstić information content (AvgIpc) is 3.50. The summed E-state index contributed by atoms with van der Waals surface area (Å²) in [5.74, 6) is 1.12. The van der Waals surface area contributed by atoms with E-state index in [0.717, 1.165) is 6.42 Å². The summed E-state index contributed by atoms with van der Waals surface area (Å²) in [5.41, 5.74) is 0.557. The molecule has 1 aromatic rings. The highest BCUT2D eigenvalue weighted by Crippen LogP contribution is 2.52. The van der Waals surface area contributed by atoms with Crippen molar-refractivity contribution in [3.05, 3.63) is 42.0 Å². The second kappa shape index (κ2) is 11.0. The molecule has 2 aliphatic carbocycles. The molecule has 2 bridgehead atoms. The van der Waals surface area contributed by atoms with Crippen LogP contribution in [-0.2, 0) is 9.59 Å². The van der Waals surface area contributed by atoms with Gasteiger partial charge in [-0.1, -0.05) is 12.2 Å². The number of nitrogens with zero attached hydrogens (tertiary/aromatic N) is 2. The van der Waals surface area contributed by atoms with Gasteiger partial charge in [-0.2, -0.15) is 0 Å². The Morgan fingerprint density at radius 2 is 1.58 bits per heavy atom. The van der Waals surface area contributed by atoms with Crippen LogP contribution in [0.5, 0.6) is 5.75 Å². The van der Waals surface area contributed by atoms with Crippen LogP contribution in [0.25, 0.3) is 0 Å². The van der Waals surface area contributed by atoms with Crippen molar-refractivity contribution < 1.29 is 19.1 Å². The molecule has 3 aliphatic rings. The van der Waals surface area contributed by atoms with Crippen LogP contribution in [0, 0.1) is 23.7 Å². The van der Waals surface area contributed by atoms with E-state index in [0.29, 0.717) is 43.5 Å². The van der Waals surface area contributed by atoms with E-state index in [1.54, 1.807) is 38.4 Å². The highest BCUT2D eigenvalue weighted by Gasteiger charge is 2.58. The number of carbonyl (C=O) groups is 3. The number of guanidine groups is 1. The number of rotatable bonds is 8. The van der Waals surface area contributed by atoms with Gasteiger partial charge in [0.05, 0.1) is 18.9 Å². The van der Waals surface area contributed by atoms with Gasteiger partial charge >= 0.3 is 0 Å². The first-order valence-corrected chi connectivity index (χ1v) is 10.9. The minimum Gasteiger partial charge on any atom is -0.497 e. The zero-order chi connectivity index (χ0) is 22.7. The van der Waals surface area contributed by atoms with Gasteiger partial charge in [0.2, 0.25) is 11.8 Å². The van der Waals surface area contributed by atoms with Crippen LogP contribution >= 0.6 is 24.0 Å². The molecule has 4 rings (SSSR count). The quantitative estimate of drug-likeness (QED) is 0.108.